The normalized spacial score (nSPS) is 25.7. The molecule has 4 heteroatoms. The monoisotopic (exact) mass is 177 g/mol. The minimum Gasteiger partial charge on any atom is -0.281 e. The van der Waals surface area contributed by atoms with Crippen molar-refractivity contribution in [2.24, 2.45) is 0 Å². The van der Waals surface area contributed by atoms with Gasteiger partial charge in [0.2, 0.25) is 0 Å². The van der Waals surface area contributed by atoms with Crippen molar-refractivity contribution >= 4 is 0 Å². The molecular formula is C8H10F3N. The van der Waals surface area contributed by atoms with E-state index < -0.39 is 12.7 Å². The average Bonchev–Trinajstić information content (AvgIpc) is 2.31. The topological polar surface area (TPSA) is 3.24 Å². The van der Waals surface area contributed by atoms with Crippen molar-refractivity contribution in [1.82, 2.24) is 4.90 Å². The summed E-state index contributed by atoms with van der Waals surface area (Å²) in [5, 5.41) is 0. The maximum absolute atomic E-state index is 11.9. The van der Waals surface area contributed by atoms with Crippen LogP contribution in [0.25, 0.3) is 0 Å². The van der Waals surface area contributed by atoms with Crippen molar-refractivity contribution in [3.05, 3.63) is 0 Å². The Bertz CT molecular complexity index is 191. The number of rotatable bonds is 1. The Kier molecular flexibility index (Phi) is 2.63. The van der Waals surface area contributed by atoms with E-state index in [2.05, 4.69) is 5.92 Å². The maximum Gasteiger partial charge on any atom is 0.401 e. The first kappa shape index (κ1) is 9.40. The summed E-state index contributed by atoms with van der Waals surface area (Å²) < 4.78 is 35.7. The van der Waals surface area contributed by atoms with Gasteiger partial charge in [0.15, 0.2) is 0 Å². The van der Waals surface area contributed by atoms with Gasteiger partial charge in [0.1, 0.15) is 0 Å². The molecule has 12 heavy (non-hydrogen) atoms. The number of nitrogens with zero attached hydrogens (tertiary/aromatic N) is 1. The molecule has 1 nitrogen and oxygen atoms in total. The van der Waals surface area contributed by atoms with Crippen LogP contribution in [0.3, 0.4) is 0 Å². The van der Waals surface area contributed by atoms with E-state index in [0.29, 0.717) is 13.0 Å². The number of hydrogen-bond donors (Lipinski definition) is 0. The zero-order valence-electron chi connectivity index (χ0n) is 6.56. The highest BCUT2D eigenvalue weighted by molar-refractivity contribution is 5.03. The molecule has 1 fully saturated rings. The highest BCUT2D eigenvalue weighted by Crippen LogP contribution is 2.23. The van der Waals surface area contributed by atoms with Gasteiger partial charge in [-0.15, -0.1) is 6.42 Å². The molecule has 0 aromatic heterocycles. The molecule has 1 aliphatic heterocycles. The lowest BCUT2D eigenvalue weighted by atomic mass is 10.2. The van der Waals surface area contributed by atoms with Crippen molar-refractivity contribution in [1.29, 1.82) is 0 Å². The molecule has 0 aromatic carbocycles. The molecule has 1 rings (SSSR count). The molecule has 1 saturated heterocycles. The summed E-state index contributed by atoms with van der Waals surface area (Å²) in [6.07, 6.45) is 2.41. The van der Waals surface area contributed by atoms with Gasteiger partial charge in [-0.1, -0.05) is 5.92 Å². The Labute approximate surface area is 69.5 Å². The number of terminal acetylenes is 1. The smallest absolute Gasteiger partial charge is 0.281 e. The summed E-state index contributed by atoms with van der Waals surface area (Å²) in [6.45, 7) is -0.407. The molecule has 0 amide bonds. The van der Waals surface area contributed by atoms with Gasteiger partial charge in [-0.2, -0.15) is 13.2 Å². The average molecular weight is 177 g/mol. The SMILES string of the molecule is C#C[C@@H]1CCCN1CC(F)(F)F. The molecule has 1 aliphatic rings. The van der Waals surface area contributed by atoms with Crippen LogP contribution in [0.15, 0.2) is 0 Å². The van der Waals surface area contributed by atoms with Crippen molar-refractivity contribution in [2.45, 2.75) is 25.1 Å². The Morgan fingerprint density at radius 2 is 2.17 bits per heavy atom. The highest BCUT2D eigenvalue weighted by atomic mass is 19.4. The Balaban J connectivity index is 2.48. The van der Waals surface area contributed by atoms with E-state index in [-0.39, 0.29) is 6.04 Å². The van der Waals surface area contributed by atoms with Gasteiger partial charge < -0.3 is 0 Å². The summed E-state index contributed by atoms with van der Waals surface area (Å²) in [7, 11) is 0. The summed E-state index contributed by atoms with van der Waals surface area (Å²) in [5.41, 5.74) is 0. The molecule has 0 aliphatic carbocycles. The molecule has 0 bridgehead atoms. The van der Waals surface area contributed by atoms with Crippen LogP contribution >= 0.6 is 0 Å². The van der Waals surface area contributed by atoms with Gasteiger partial charge in [0.05, 0.1) is 12.6 Å². The molecule has 0 unspecified atom stereocenters. The second kappa shape index (κ2) is 3.36. The standard InChI is InChI=1S/C8H10F3N/c1-2-7-4-3-5-12(7)6-8(9,10)11/h1,7H,3-6H2/t7-/m1/s1. The van der Waals surface area contributed by atoms with E-state index in [1.807, 2.05) is 0 Å². The van der Waals surface area contributed by atoms with Gasteiger partial charge in [0.25, 0.3) is 0 Å². The van der Waals surface area contributed by atoms with Crippen molar-refractivity contribution < 1.29 is 13.2 Å². The third-order valence-electron chi connectivity index (χ3n) is 1.94. The number of alkyl halides is 3. The van der Waals surface area contributed by atoms with Crippen molar-refractivity contribution in [3.8, 4) is 12.3 Å². The van der Waals surface area contributed by atoms with Gasteiger partial charge in [-0.05, 0) is 19.4 Å². The van der Waals surface area contributed by atoms with Crippen LogP contribution in [0.1, 0.15) is 12.8 Å². The lowest BCUT2D eigenvalue weighted by molar-refractivity contribution is -0.145. The van der Waals surface area contributed by atoms with Crippen LogP contribution in [0.2, 0.25) is 0 Å². The van der Waals surface area contributed by atoms with E-state index in [9.17, 15) is 13.2 Å². The van der Waals surface area contributed by atoms with Crippen LogP contribution in [-0.4, -0.2) is 30.2 Å². The van der Waals surface area contributed by atoms with Gasteiger partial charge in [-0.25, -0.2) is 0 Å². The zero-order chi connectivity index (χ0) is 9.19. The van der Waals surface area contributed by atoms with Gasteiger partial charge in [-0.3, -0.25) is 4.90 Å². The molecule has 0 N–H and O–H groups in total. The molecule has 68 valence electrons. The Morgan fingerprint density at radius 3 is 2.67 bits per heavy atom. The number of hydrogen-bond acceptors (Lipinski definition) is 1. The third kappa shape index (κ3) is 2.42. The Morgan fingerprint density at radius 1 is 1.50 bits per heavy atom. The summed E-state index contributed by atoms with van der Waals surface area (Å²) in [6, 6.07) is -0.313. The van der Waals surface area contributed by atoms with E-state index >= 15 is 0 Å². The fraction of sp³-hybridized carbons (Fsp3) is 0.750. The minimum absolute atomic E-state index is 0.313. The molecule has 0 radical (unpaired) electrons. The summed E-state index contributed by atoms with van der Waals surface area (Å²) >= 11 is 0. The van der Waals surface area contributed by atoms with Crippen molar-refractivity contribution in [3.63, 3.8) is 0 Å². The minimum atomic E-state index is -4.13. The molecule has 1 heterocycles. The lowest BCUT2D eigenvalue weighted by Crippen LogP contribution is -2.36. The second-order valence-electron chi connectivity index (χ2n) is 2.91. The first-order valence-corrected chi connectivity index (χ1v) is 3.80. The van der Waals surface area contributed by atoms with Crippen LogP contribution in [0, 0.1) is 12.3 Å². The van der Waals surface area contributed by atoms with Crippen LogP contribution in [-0.2, 0) is 0 Å². The maximum atomic E-state index is 11.9. The first-order valence-electron chi connectivity index (χ1n) is 3.80. The zero-order valence-corrected chi connectivity index (χ0v) is 6.56. The quantitative estimate of drug-likeness (QED) is 0.550. The predicted octanol–water partition coefficient (Wildman–Crippen LogP) is 1.65. The lowest BCUT2D eigenvalue weighted by Gasteiger charge is -2.21. The van der Waals surface area contributed by atoms with E-state index in [4.69, 9.17) is 6.42 Å². The Hall–Kier alpha value is -0.690. The molecular weight excluding hydrogens is 167 g/mol. The fourth-order valence-corrected chi connectivity index (χ4v) is 1.43. The van der Waals surface area contributed by atoms with Gasteiger partial charge in [0, 0.05) is 0 Å². The first-order chi connectivity index (χ1) is 5.53. The molecule has 0 saturated carbocycles. The predicted molar refractivity (Wildman–Crippen MR) is 39.5 cm³/mol. The highest BCUT2D eigenvalue weighted by Gasteiger charge is 2.35. The summed E-state index contributed by atoms with van der Waals surface area (Å²) in [5.74, 6) is 2.36. The largest absolute Gasteiger partial charge is 0.401 e. The van der Waals surface area contributed by atoms with E-state index in [1.165, 1.54) is 4.90 Å². The van der Waals surface area contributed by atoms with E-state index in [1.54, 1.807) is 0 Å². The summed E-state index contributed by atoms with van der Waals surface area (Å²) in [4.78, 5) is 1.31. The molecule has 0 spiro atoms. The van der Waals surface area contributed by atoms with E-state index in [0.717, 1.165) is 6.42 Å². The molecule has 1 atom stereocenters. The second-order valence-corrected chi connectivity index (χ2v) is 2.91. The van der Waals surface area contributed by atoms with Gasteiger partial charge >= 0.3 is 6.18 Å². The van der Waals surface area contributed by atoms with Crippen LogP contribution in [0.4, 0.5) is 13.2 Å². The van der Waals surface area contributed by atoms with Crippen LogP contribution < -0.4 is 0 Å². The molecule has 0 aromatic rings. The van der Waals surface area contributed by atoms with Crippen LogP contribution in [0.5, 0.6) is 0 Å². The fourth-order valence-electron chi connectivity index (χ4n) is 1.43. The van der Waals surface area contributed by atoms with Crippen molar-refractivity contribution in [2.75, 3.05) is 13.1 Å². The number of likely N-dealkylation sites (tertiary alicyclic amines) is 1. The number of halogens is 3. The third-order valence-corrected chi connectivity index (χ3v) is 1.94.